The third-order valence-electron chi connectivity index (χ3n) is 6.39. The minimum absolute atomic E-state index is 0.198. The Bertz CT molecular complexity index is 1280. The van der Waals surface area contributed by atoms with E-state index in [2.05, 4.69) is 27.7 Å². The predicted molar refractivity (Wildman–Crippen MR) is 117 cm³/mol. The number of halogens is 3. The first-order chi connectivity index (χ1) is 16.0. The fraction of sp³-hybridized carbons (Fsp3) is 0.391. The highest BCUT2D eigenvalue weighted by molar-refractivity contribution is 5.98. The summed E-state index contributed by atoms with van der Waals surface area (Å²) in [5.74, 6) is 3.12. The number of aromatic nitrogens is 1. The van der Waals surface area contributed by atoms with E-state index in [9.17, 15) is 28.0 Å². The Morgan fingerprint density at radius 2 is 2.00 bits per heavy atom. The standard InChI is InChI=1S/C23H21F3N6O2/c1-31(2)10-4-6-18(33)29-30-20(34)21-12-22(21,23(24,25)26)14-32(13-21)17-8-7-15(11-27)19-16(17)5-3-9-28-19/h3,5,7-9H,10,12-14H2,1-2H3,(H,29,33)(H,30,34)/t21-,22-/m0/s1. The molecule has 1 saturated heterocycles. The van der Waals surface area contributed by atoms with Gasteiger partial charge in [0.25, 0.3) is 0 Å². The number of hydrazine groups is 1. The number of piperidine rings is 1. The van der Waals surface area contributed by atoms with Crippen molar-refractivity contribution in [1.82, 2.24) is 20.7 Å². The van der Waals surface area contributed by atoms with Crippen LogP contribution in [0.1, 0.15) is 12.0 Å². The summed E-state index contributed by atoms with van der Waals surface area (Å²) in [6, 6.07) is 8.43. The second kappa shape index (κ2) is 8.19. The number of alkyl halides is 3. The molecule has 11 heteroatoms. The Kier molecular flexibility index (Phi) is 5.62. The number of rotatable bonds is 3. The number of amides is 2. The van der Waals surface area contributed by atoms with Crippen LogP contribution in [0.3, 0.4) is 0 Å². The van der Waals surface area contributed by atoms with Crippen molar-refractivity contribution >= 4 is 28.4 Å². The van der Waals surface area contributed by atoms with E-state index in [0.717, 1.165) is 0 Å². The monoisotopic (exact) mass is 470 g/mol. The fourth-order valence-corrected chi connectivity index (χ4v) is 4.66. The van der Waals surface area contributed by atoms with Crippen LogP contribution in [-0.4, -0.2) is 61.6 Å². The summed E-state index contributed by atoms with van der Waals surface area (Å²) in [4.78, 5) is 32.2. The molecule has 2 fully saturated rings. The molecule has 2 aromatic rings. The molecule has 1 aliphatic heterocycles. The molecule has 1 aliphatic carbocycles. The van der Waals surface area contributed by atoms with Gasteiger partial charge >= 0.3 is 12.1 Å². The largest absolute Gasteiger partial charge is 0.397 e. The van der Waals surface area contributed by atoms with Gasteiger partial charge in [-0.1, -0.05) is 5.92 Å². The number of nitrogens with one attached hydrogen (secondary N) is 2. The molecule has 2 atom stereocenters. The Hall–Kier alpha value is -3.83. The summed E-state index contributed by atoms with van der Waals surface area (Å²) < 4.78 is 42.5. The minimum atomic E-state index is -4.63. The van der Waals surface area contributed by atoms with Gasteiger partial charge in [0.15, 0.2) is 0 Å². The van der Waals surface area contributed by atoms with Gasteiger partial charge in [-0.3, -0.25) is 30.3 Å². The maximum absolute atomic E-state index is 14.2. The van der Waals surface area contributed by atoms with Gasteiger partial charge in [0.2, 0.25) is 5.91 Å². The minimum Gasteiger partial charge on any atom is -0.369 e. The van der Waals surface area contributed by atoms with Gasteiger partial charge in [-0.05, 0) is 50.7 Å². The van der Waals surface area contributed by atoms with E-state index in [1.54, 1.807) is 37.2 Å². The quantitative estimate of drug-likeness (QED) is 0.522. The average molecular weight is 470 g/mol. The number of carbonyl (C=O) groups excluding carboxylic acids is 2. The Morgan fingerprint density at radius 1 is 1.24 bits per heavy atom. The number of carbonyl (C=O) groups is 2. The van der Waals surface area contributed by atoms with Crippen LogP contribution in [0.25, 0.3) is 10.9 Å². The second-order valence-corrected chi connectivity index (χ2v) is 8.79. The lowest BCUT2D eigenvalue weighted by molar-refractivity contribution is -0.191. The van der Waals surface area contributed by atoms with Gasteiger partial charge in [-0.15, -0.1) is 0 Å². The number of fused-ring (bicyclic) bond motifs is 2. The van der Waals surface area contributed by atoms with E-state index >= 15 is 0 Å². The van der Waals surface area contributed by atoms with E-state index in [-0.39, 0.29) is 13.0 Å². The van der Waals surface area contributed by atoms with Crippen LogP contribution in [0, 0.1) is 34.0 Å². The summed E-state index contributed by atoms with van der Waals surface area (Å²) in [6.07, 6.45) is -3.50. The van der Waals surface area contributed by atoms with E-state index in [1.165, 1.54) is 17.2 Å². The van der Waals surface area contributed by atoms with Crippen molar-refractivity contribution in [3.63, 3.8) is 0 Å². The molecule has 0 spiro atoms. The van der Waals surface area contributed by atoms with Crippen molar-refractivity contribution in [2.45, 2.75) is 12.6 Å². The molecule has 34 heavy (non-hydrogen) atoms. The molecule has 2 aliphatic rings. The highest BCUT2D eigenvalue weighted by Gasteiger charge is 2.86. The van der Waals surface area contributed by atoms with E-state index < -0.39 is 35.4 Å². The topological polar surface area (TPSA) is 101 Å². The third kappa shape index (κ3) is 3.68. The smallest absolute Gasteiger partial charge is 0.369 e. The molecule has 8 nitrogen and oxygen atoms in total. The maximum Gasteiger partial charge on any atom is 0.397 e. The van der Waals surface area contributed by atoms with E-state index in [0.29, 0.717) is 28.7 Å². The Balaban J connectivity index is 1.59. The number of nitrogens with zero attached hydrogens (tertiary/aromatic N) is 4. The van der Waals surface area contributed by atoms with Crippen molar-refractivity contribution < 1.29 is 22.8 Å². The lowest BCUT2D eigenvalue weighted by Gasteiger charge is -2.25. The molecule has 0 bridgehead atoms. The summed E-state index contributed by atoms with van der Waals surface area (Å²) >= 11 is 0. The van der Waals surface area contributed by atoms with E-state index in [4.69, 9.17) is 0 Å². The number of hydrogen-bond donors (Lipinski definition) is 2. The number of anilines is 1. The summed E-state index contributed by atoms with van der Waals surface area (Å²) in [6.45, 7) is -0.308. The summed E-state index contributed by atoms with van der Waals surface area (Å²) in [7, 11) is 3.52. The molecule has 1 aromatic carbocycles. The molecule has 2 heterocycles. The SMILES string of the molecule is CN(C)CC#CC(=O)NNC(=O)[C@]12CN(c3ccc(C#N)c4ncccc34)C[C@@]1(C(F)(F)F)C2. The predicted octanol–water partition coefficient (Wildman–Crippen LogP) is 1.58. The zero-order valence-electron chi connectivity index (χ0n) is 18.5. The molecule has 1 aromatic heterocycles. The Labute approximate surface area is 193 Å². The lowest BCUT2D eigenvalue weighted by atomic mass is 9.95. The van der Waals surface area contributed by atoms with Crippen molar-refractivity contribution in [2.24, 2.45) is 10.8 Å². The molecule has 4 rings (SSSR count). The highest BCUT2D eigenvalue weighted by atomic mass is 19.4. The maximum atomic E-state index is 14.2. The molecule has 0 unspecified atom stereocenters. The van der Waals surface area contributed by atoms with Crippen molar-refractivity contribution in [3.05, 3.63) is 36.0 Å². The number of benzene rings is 1. The van der Waals surface area contributed by atoms with Crippen molar-refractivity contribution in [1.29, 1.82) is 5.26 Å². The molecular weight excluding hydrogens is 449 g/mol. The molecule has 1 saturated carbocycles. The third-order valence-corrected chi connectivity index (χ3v) is 6.39. The zero-order chi connectivity index (χ0) is 24.7. The molecule has 0 radical (unpaired) electrons. The molecule has 2 amide bonds. The van der Waals surface area contributed by atoms with Gasteiger partial charge < -0.3 is 4.90 Å². The van der Waals surface area contributed by atoms with E-state index in [1.807, 2.05) is 6.07 Å². The number of nitriles is 1. The van der Waals surface area contributed by atoms with Crippen LogP contribution < -0.4 is 15.8 Å². The van der Waals surface area contributed by atoms with Gasteiger partial charge in [-0.25, -0.2) is 0 Å². The number of hydrogen-bond acceptors (Lipinski definition) is 6. The first-order valence-corrected chi connectivity index (χ1v) is 10.4. The van der Waals surface area contributed by atoms with Crippen LogP contribution >= 0.6 is 0 Å². The first kappa shape index (κ1) is 23.3. The zero-order valence-corrected chi connectivity index (χ0v) is 18.5. The van der Waals surface area contributed by atoms with Crippen molar-refractivity contribution in [3.8, 4) is 17.9 Å². The average Bonchev–Trinajstić information content (AvgIpc) is 3.34. The van der Waals surface area contributed by atoms with Crippen LogP contribution in [0.2, 0.25) is 0 Å². The summed E-state index contributed by atoms with van der Waals surface area (Å²) in [5.41, 5.74) is 1.38. The first-order valence-electron chi connectivity index (χ1n) is 10.4. The normalized spacial score (nSPS) is 23.0. The number of pyridine rings is 1. The molecule has 2 N–H and O–H groups in total. The van der Waals surface area contributed by atoms with Crippen LogP contribution in [-0.2, 0) is 9.59 Å². The Morgan fingerprint density at radius 3 is 2.68 bits per heavy atom. The lowest BCUT2D eigenvalue weighted by Crippen LogP contribution is -2.48. The second-order valence-electron chi connectivity index (χ2n) is 8.79. The molecule has 176 valence electrons. The van der Waals surface area contributed by atoms with Gasteiger partial charge in [0.1, 0.15) is 11.5 Å². The van der Waals surface area contributed by atoms with Gasteiger partial charge in [-0.2, -0.15) is 18.4 Å². The van der Waals surface area contributed by atoms with Crippen LogP contribution in [0.15, 0.2) is 30.5 Å². The summed E-state index contributed by atoms with van der Waals surface area (Å²) in [5, 5.41) is 9.86. The van der Waals surface area contributed by atoms with Crippen LogP contribution in [0.5, 0.6) is 0 Å². The fourth-order valence-electron chi connectivity index (χ4n) is 4.66. The van der Waals surface area contributed by atoms with Crippen LogP contribution in [0.4, 0.5) is 18.9 Å². The van der Waals surface area contributed by atoms with Crippen molar-refractivity contribution in [2.75, 3.05) is 38.6 Å². The van der Waals surface area contributed by atoms with Gasteiger partial charge in [0, 0.05) is 30.4 Å². The molecular formula is C23H21F3N6O2. The highest BCUT2D eigenvalue weighted by Crippen LogP contribution is 2.75. The van der Waals surface area contributed by atoms with Gasteiger partial charge in [0.05, 0.1) is 23.0 Å².